The number of hydrogen-bond acceptors (Lipinski definition) is 3. The fourth-order valence-corrected chi connectivity index (χ4v) is 1.96. The van der Waals surface area contributed by atoms with Gasteiger partial charge in [0.2, 0.25) is 0 Å². The Balaban J connectivity index is 0.00000110. The predicted octanol–water partition coefficient (Wildman–Crippen LogP) is 3.06. The molecule has 0 saturated carbocycles. The zero-order valence-corrected chi connectivity index (χ0v) is 12.9. The Labute approximate surface area is 134 Å². The van der Waals surface area contributed by atoms with Crippen molar-refractivity contribution in [1.82, 2.24) is 15.0 Å². The Morgan fingerprint density at radius 1 is 1.19 bits per heavy atom. The summed E-state index contributed by atoms with van der Waals surface area (Å²) in [7, 11) is 0. The second-order valence-electron chi connectivity index (χ2n) is 4.45. The van der Waals surface area contributed by atoms with Gasteiger partial charge in [0.25, 0.3) is 0 Å². The van der Waals surface area contributed by atoms with Crippen LogP contribution in [0.25, 0.3) is 22.6 Å². The highest BCUT2D eigenvalue weighted by Gasteiger charge is 2.08. The smallest absolute Gasteiger partial charge is 0.157 e. The van der Waals surface area contributed by atoms with Gasteiger partial charge in [-0.05, 0) is 42.8 Å². The van der Waals surface area contributed by atoms with E-state index >= 15 is 0 Å². The number of hydrogen-bond donors (Lipinski definition) is 3. The van der Waals surface area contributed by atoms with Crippen LogP contribution in [0.5, 0.6) is 0 Å². The summed E-state index contributed by atoms with van der Waals surface area (Å²) in [4.78, 5) is 12.0. The molecule has 110 valence electrons. The number of fused-ring (bicyclic) bond motifs is 1. The highest BCUT2D eigenvalue weighted by atomic mass is 35.5. The van der Waals surface area contributed by atoms with Crippen LogP contribution in [0, 0.1) is 12.3 Å². The normalized spacial score (nSPS) is 9.76. The van der Waals surface area contributed by atoms with Crippen molar-refractivity contribution >= 4 is 41.7 Å². The molecule has 0 atom stereocenters. The number of halogens is 2. The van der Waals surface area contributed by atoms with E-state index in [0.29, 0.717) is 5.56 Å². The molecule has 0 spiro atoms. The lowest BCUT2D eigenvalue weighted by atomic mass is 10.2. The molecule has 21 heavy (non-hydrogen) atoms. The summed E-state index contributed by atoms with van der Waals surface area (Å²) in [5.74, 6) is 0.763. The molecule has 5 nitrogen and oxygen atoms in total. The Hall–Kier alpha value is -2.11. The molecule has 2 aromatic heterocycles. The summed E-state index contributed by atoms with van der Waals surface area (Å²) in [5.41, 5.74) is 9.77. The molecule has 7 heteroatoms. The molecule has 0 aliphatic heterocycles. The van der Waals surface area contributed by atoms with Crippen molar-refractivity contribution in [2.75, 3.05) is 0 Å². The molecule has 0 radical (unpaired) electrons. The lowest BCUT2D eigenvalue weighted by molar-refractivity contribution is 1.22. The van der Waals surface area contributed by atoms with Crippen LogP contribution in [0.1, 0.15) is 11.1 Å². The van der Waals surface area contributed by atoms with E-state index in [2.05, 4.69) is 15.0 Å². The number of rotatable bonds is 2. The van der Waals surface area contributed by atoms with Crippen LogP contribution >= 0.6 is 24.8 Å². The molecule has 3 rings (SSSR count). The number of H-pyrrole nitrogens is 1. The summed E-state index contributed by atoms with van der Waals surface area (Å²) in [6.07, 6.45) is 1.76. The van der Waals surface area contributed by atoms with Crippen molar-refractivity contribution in [3.63, 3.8) is 0 Å². The van der Waals surface area contributed by atoms with Gasteiger partial charge < -0.3 is 10.7 Å². The first kappa shape index (κ1) is 16.9. The maximum absolute atomic E-state index is 7.44. The number of benzene rings is 1. The van der Waals surface area contributed by atoms with E-state index in [0.717, 1.165) is 28.1 Å². The number of nitrogens with zero attached hydrogens (tertiary/aromatic N) is 2. The number of nitrogens with one attached hydrogen (secondary N) is 2. The molecule has 0 aliphatic rings. The molecule has 4 N–H and O–H groups in total. The van der Waals surface area contributed by atoms with E-state index in [1.54, 1.807) is 18.3 Å². The Kier molecular flexibility index (Phi) is 5.29. The summed E-state index contributed by atoms with van der Waals surface area (Å²) < 4.78 is 0. The maximum Gasteiger partial charge on any atom is 0.157 e. The minimum absolute atomic E-state index is 0. The number of pyridine rings is 1. The number of nitrogen functional groups attached to an aromatic ring is 1. The SMILES string of the molecule is Cc1ccnc(-c2nc3cc(C(=N)N)ccc3[nH]2)c1.Cl.Cl. The number of nitrogens with two attached hydrogens (primary N) is 1. The van der Waals surface area contributed by atoms with Gasteiger partial charge in [-0.15, -0.1) is 24.8 Å². The Morgan fingerprint density at radius 3 is 2.62 bits per heavy atom. The molecule has 0 bridgehead atoms. The van der Waals surface area contributed by atoms with E-state index < -0.39 is 0 Å². The zero-order chi connectivity index (χ0) is 13.4. The quantitative estimate of drug-likeness (QED) is 0.500. The monoisotopic (exact) mass is 323 g/mol. The Bertz CT molecular complexity index is 782. The summed E-state index contributed by atoms with van der Waals surface area (Å²) in [5, 5.41) is 7.44. The number of imidazole rings is 1. The van der Waals surface area contributed by atoms with E-state index in [9.17, 15) is 0 Å². The number of aromatic nitrogens is 3. The highest BCUT2D eigenvalue weighted by Crippen LogP contribution is 2.20. The zero-order valence-electron chi connectivity index (χ0n) is 11.3. The van der Waals surface area contributed by atoms with Gasteiger partial charge in [-0.3, -0.25) is 10.4 Å². The molecule has 2 heterocycles. The van der Waals surface area contributed by atoms with Crippen molar-refractivity contribution in [3.8, 4) is 11.5 Å². The first-order valence-corrected chi connectivity index (χ1v) is 5.91. The van der Waals surface area contributed by atoms with Gasteiger partial charge in [0.1, 0.15) is 11.5 Å². The van der Waals surface area contributed by atoms with E-state index in [-0.39, 0.29) is 30.6 Å². The van der Waals surface area contributed by atoms with Crippen molar-refractivity contribution in [2.24, 2.45) is 5.73 Å². The molecule has 0 unspecified atom stereocenters. The second kappa shape index (κ2) is 6.56. The van der Waals surface area contributed by atoms with Crippen LogP contribution in [0.15, 0.2) is 36.5 Å². The first-order chi connectivity index (χ1) is 9.13. The second-order valence-corrected chi connectivity index (χ2v) is 4.45. The number of amidine groups is 1. The van der Waals surface area contributed by atoms with Gasteiger partial charge >= 0.3 is 0 Å². The topological polar surface area (TPSA) is 91.4 Å². The lowest BCUT2D eigenvalue weighted by Crippen LogP contribution is -2.10. The van der Waals surface area contributed by atoms with Gasteiger partial charge in [0.05, 0.1) is 11.0 Å². The van der Waals surface area contributed by atoms with Crippen LogP contribution in [-0.2, 0) is 0 Å². The minimum Gasteiger partial charge on any atom is -0.384 e. The molecular weight excluding hydrogens is 309 g/mol. The standard InChI is InChI=1S/C14H13N5.2ClH/c1-8-4-5-17-12(6-8)14-18-10-3-2-9(13(15)16)7-11(10)19-14;;/h2-7H,1H3,(H3,15,16)(H,18,19);2*1H. The lowest BCUT2D eigenvalue weighted by Gasteiger charge is -1.96. The molecule has 0 fully saturated rings. The Morgan fingerprint density at radius 2 is 1.95 bits per heavy atom. The average molecular weight is 324 g/mol. The molecule has 1 aromatic carbocycles. The summed E-state index contributed by atoms with van der Waals surface area (Å²) in [6.45, 7) is 2.02. The van der Waals surface area contributed by atoms with Crippen LogP contribution in [0.3, 0.4) is 0 Å². The van der Waals surface area contributed by atoms with Crippen LogP contribution in [-0.4, -0.2) is 20.8 Å². The molecule has 0 amide bonds. The van der Waals surface area contributed by atoms with Crippen molar-refractivity contribution in [3.05, 3.63) is 47.7 Å². The summed E-state index contributed by atoms with van der Waals surface area (Å²) in [6, 6.07) is 9.39. The average Bonchev–Trinajstić information content (AvgIpc) is 2.81. The van der Waals surface area contributed by atoms with Crippen molar-refractivity contribution in [1.29, 1.82) is 5.41 Å². The largest absolute Gasteiger partial charge is 0.384 e. The molecular formula is C14H15Cl2N5. The first-order valence-electron chi connectivity index (χ1n) is 5.91. The number of aryl methyl sites for hydroxylation is 1. The van der Waals surface area contributed by atoms with E-state index in [1.165, 1.54) is 0 Å². The third-order valence-electron chi connectivity index (χ3n) is 2.95. The van der Waals surface area contributed by atoms with E-state index in [1.807, 2.05) is 25.1 Å². The minimum atomic E-state index is 0. The molecule has 0 aliphatic carbocycles. The van der Waals surface area contributed by atoms with Crippen LogP contribution in [0.2, 0.25) is 0 Å². The molecule has 3 aromatic rings. The van der Waals surface area contributed by atoms with Crippen LogP contribution < -0.4 is 5.73 Å². The van der Waals surface area contributed by atoms with Crippen molar-refractivity contribution < 1.29 is 0 Å². The van der Waals surface area contributed by atoms with Gasteiger partial charge in [0, 0.05) is 11.8 Å². The van der Waals surface area contributed by atoms with Gasteiger partial charge in [-0.2, -0.15) is 0 Å². The number of aromatic amines is 1. The van der Waals surface area contributed by atoms with Crippen LogP contribution in [0.4, 0.5) is 0 Å². The van der Waals surface area contributed by atoms with Gasteiger partial charge in [-0.25, -0.2) is 4.98 Å². The summed E-state index contributed by atoms with van der Waals surface area (Å²) >= 11 is 0. The van der Waals surface area contributed by atoms with Gasteiger partial charge in [-0.1, -0.05) is 0 Å². The molecule has 0 saturated heterocycles. The van der Waals surface area contributed by atoms with Crippen molar-refractivity contribution in [2.45, 2.75) is 6.92 Å². The fraction of sp³-hybridized carbons (Fsp3) is 0.0714. The predicted molar refractivity (Wildman–Crippen MR) is 89.6 cm³/mol. The van der Waals surface area contributed by atoms with Gasteiger partial charge in [0.15, 0.2) is 5.82 Å². The van der Waals surface area contributed by atoms with E-state index in [4.69, 9.17) is 11.1 Å². The highest BCUT2D eigenvalue weighted by molar-refractivity contribution is 5.98. The third-order valence-corrected chi connectivity index (χ3v) is 2.95. The maximum atomic E-state index is 7.44. The third kappa shape index (κ3) is 3.32. The fourth-order valence-electron chi connectivity index (χ4n) is 1.96.